The number of carbonyl (C=O) groups excluding carboxylic acids is 1. The second kappa shape index (κ2) is 3.89. The van der Waals surface area contributed by atoms with Crippen LogP contribution in [0.5, 0.6) is 0 Å². The highest BCUT2D eigenvalue weighted by atomic mass is 79.9. The number of pyridine rings is 1. The van der Waals surface area contributed by atoms with Crippen LogP contribution in [-0.4, -0.2) is 14.4 Å². The Morgan fingerprint density at radius 1 is 1.05 bits per heavy atom. The third-order valence-corrected chi connectivity index (χ3v) is 6.56. The fourth-order valence-corrected chi connectivity index (χ4v) is 4.68. The Labute approximate surface area is 130 Å². The van der Waals surface area contributed by atoms with Crippen molar-refractivity contribution in [2.45, 2.75) is 44.2 Å². The Morgan fingerprint density at radius 2 is 1.65 bits per heavy atom. The molecule has 2 aliphatic carbocycles. The van der Waals surface area contributed by atoms with Gasteiger partial charge >= 0.3 is 0 Å². The first-order chi connectivity index (χ1) is 9.49. The molecule has 2 heterocycles. The zero-order valence-corrected chi connectivity index (χ0v) is 13.2. The van der Waals surface area contributed by atoms with Crippen LogP contribution in [0.1, 0.15) is 49.0 Å². The monoisotopic (exact) mass is 356 g/mol. The van der Waals surface area contributed by atoms with E-state index in [0.717, 1.165) is 25.7 Å². The van der Waals surface area contributed by atoms with E-state index in [1.54, 1.807) is 8.49 Å². The van der Waals surface area contributed by atoms with Gasteiger partial charge in [-0.2, -0.15) is 0 Å². The molecule has 4 rings (SSSR count). The highest BCUT2D eigenvalue weighted by Gasteiger charge is 2.57. The summed E-state index contributed by atoms with van der Waals surface area (Å²) in [5.74, 6) is -0.209. The van der Waals surface area contributed by atoms with Crippen molar-refractivity contribution in [3.8, 4) is 0 Å². The van der Waals surface area contributed by atoms with E-state index in [1.165, 1.54) is 25.0 Å². The smallest absolute Gasteiger partial charge is 0.277 e. The first-order valence-electron chi connectivity index (χ1n) is 6.92. The van der Waals surface area contributed by atoms with Crippen molar-refractivity contribution >= 4 is 33.7 Å². The topological polar surface area (TPSA) is 42.3 Å². The maximum absolute atomic E-state index is 12.5. The predicted molar refractivity (Wildman–Crippen MR) is 78.9 cm³/mol. The first-order valence-corrected chi connectivity index (χ1v) is 8.00. The van der Waals surface area contributed by atoms with Gasteiger partial charge in [0, 0.05) is 6.07 Å². The fraction of sp³-hybridized carbons (Fsp3) is 0.571. The number of nitrogens with zero attached hydrogens (tertiary/aromatic N) is 2. The summed E-state index contributed by atoms with van der Waals surface area (Å²) in [5, 5.41) is 0.350. The molecule has 3 aliphatic rings. The van der Waals surface area contributed by atoms with Crippen LogP contribution in [0.4, 0.5) is 0 Å². The fourth-order valence-electron chi connectivity index (χ4n) is 3.77. The van der Waals surface area contributed by atoms with Crippen LogP contribution in [0.2, 0.25) is 5.02 Å². The molecule has 1 aromatic heterocycles. The van der Waals surface area contributed by atoms with E-state index in [0.29, 0.717) is 16.1 Å². The molecule has 0 saturated heterocycles. The number of hydrogen-bond donors (Lipinski definition) is 0. The minimum atomic E-state index is -0.567. The van der Waals surface area contributed by atoms with Crippen LogP contribution in [0, 0.1) is 5.41 Å². The largest absolute Gasteiger partial charge is 0.284 e. The molecule has 0 aromatic carbocycles. The molecule has 6 heteroatoms. The highest BCUT2D eigenvalue weighted by Crippen LogP contribution is 2.61. The SMILES string of the molecule is O=C1c2c(Cl)ccc(=O)n2C2(CCC3(CC3)CC2)N1Br. The van der Waals surface area contributed by atoms with Gasteiger partial charge in [-0.15, -0.1) is 0 Å². The maximum atomic E-state index is 12.5. The Bertz CT molecular complexity index is 670. The Kier molecular flexibility index (Phi) is 2.51. The molecular formula is C14H14BrClN2O2. The number of halogens is 2. The molecule has 4 nitrogen and oxygen atoms in total. The van der Waals surface area contributed by atoms with Gasteiger partial charge in [0.05, 0.1) is 21.2 Å². The zero-order chi connectivity index (χ0) is 14.1. The lowest BCUT2D eigenvalue weighted by molar-refractivity contribution is 0.0492. The maximum Gasteiger partial charge on any atom is 0.284 e. The molecule has 0 unspecified atom stereocenters. The van der Waals surface area contributed by atoms with Gasteiger partial charge in [0.25, 0.3) is 11.5 Å². The molecule has 0 atom stereocenters. The van der Waals surface area contributed by atoms with Gasteiger partial charge in [-0.3, -0.25) is 14.2 Å². The van der Waals surface area contributed by atoms with E-state index in [4.69, 9.17) is 11.6 Å². The first kappa shape index (κ1) is 12.9. The van der Waals surface area contributed by atoms with Crippen molar-refractivity contribution in [3.05, 3.63) is 33.2 Å². The summed E-state index contributed by atoms with van der Waals surface area (Å²) in [6, 6.07) is 2.97. The van der Waals surface area contributed by atoms with Gasteiger partial charge < -0.3 is 0 Å². The third-order valence-electron chi connectivity index (χ3n) is 5.27. The molecule has 106 valence electrons. The van der Waals surface area contributed by atoms with Crippen molar-refractivity contribution in [2.75, 3.05) is 0 Å². The lowest BCUT2D eigenvalue weighted by atomic mass is 9.79. The second-order valence-corrected chi connectivity index (χ2v) is 7.39. The molecule has 1 aromatic rings. The van der Waals surface area contributed by atoms with E-state index in [2.05, 4.69) is 16.1 Å². The summed E-state index contributed by atoms with van der Waals surface area (Å²) in [4.78, 5) is 24.8. The number of rotatable bonds is 0. The van der Waals surface area contributed by atoms with Gasteiger partial charge in [0.15, 0.2) is 0 Å². The van der Waals surface area contributed by atoms with E-state index in [-0.39, 0.29) is 11.5 Å². The minimum absolute atomic E-state index is 0.147. The second-order valence-electron chi connectivity index (χ2n) is 6.27. The molecule has 2 saturated carbocycles. The van der Waals surface area contributed by atoms with Crippen molar-refractivity contribution in [1.82, 2.24) is 8.49 Å². The van der Waals surface area contributed by atoms with E-state index >= 15 is 0 Å². The van der Waals surface area contributed by atoms with Crippen molar-refractivity contribution < 1.29 is 4.79 Å². The molecule has 2 spiro atoms. The summed E-state index contributed by atoms with van der Waals surface area (Å²) < 4.78 is 3.17. The van der Waals surface area contributed by atoms with E-state index < -0.39 is 5.66 Å². The van der Waals surface area contributed by atoms with Crippen molar-refractivity contribution in [3.63, 3.8) is 0 Å². The number of fused-ring (bicyclic) bond motifs is 2. The van der Waals surface area contributed by atoms with Crippen LogP contribution >= 0.6 is 27.7 Å². The number of aromatic nitrogens is 1. The molecule has 1 aliphatic heterocycles. The van der Waals surface area contributed by atoms with Crippen molar-refractivity contribution in [1.29, 1.82) is 0 Å². The summed E-state index contributed by atoms with van der Waals surface area (Å²) in [5.41, 5.74) is 0.101. The van der Waals surface area contributed by atoms with E-state index in [1.807, 2.05) is 0 Å². The van der Waals surface area contributed by atoms with Crippen LogP contribution in [0.3, 0.4) is 0 Å². The Balaban J connectivity index is 1.88. The highest BCUT2D eigenvalue weighted by molar-refractivity contribution is 9.07. The van der Waals surface area contributed by atoms with Crippen molar-refractivity contribution in [2.24, 2.45) is 5.41 Å². The number of hydrogen-bond acceptors (Lipinski definition) is 2. The molecule has 20 heavy (non-hydrogen) atoms. The van der Waals surface area contributed by atoms with Gasteiger partial charge in [-0.25, -0.2) is 3.93 Å². The van der Waals surface area contributed by atoms with Gasteiger partial charge in [0.2, 0.25) is 0 Å². The molecular weight excluding hydrogens is 344 g/mol. The molecule has 0 N–H and O–H groups in total. The zero-order valence-electron chi connectivity index (χ0n) is 10.9. The summed E-state index contributed by atoms with van der Waals surface area (Å²) in [6.07, 6.45) is 6.35. The van der Waals surface area contributed by atoms with Crippen LogP contribution in [-0.2, 0) is 5.66 Å². The van der Waals surface area contributed by atoms with Crippen LogP contribution < -0.4 is 5.56 Å². The molecule has 2 fully saturated rings. The molecule has 1 amide bonds. The third kappa shape index (κ3) is 1.48. The lowest BCUT2D eigenvalue weighted by Crippen LogP contribution is -2.48. The van der Waals surface area contributed by atoms with Gasteiger partial charge in [0.1, 0.15) is 11.4 Å². The number of amides is 1. The Hall–Kier alpha value is -0.810. The normalized spacial score (nSPS) is 25.3. The van der Waals surface area contributed by atoms with Gasteiger partial charge in [-0.05, 0) is 50.0 Å². The molecule has 0 bridgehead atoms. The van der Waals surface area contributed by atoms with Gasteiger partial charge in [-0.1, -0.05) is 11.6 Å². The summed E-state index contributed by atoms with van der Waals surface area (Å²) >= 11 is 9.54. The average Bonchev–Trinajstić information content (AvgIpc) is 3.16. The van der Waals surface area contributed by atoms with Crippen LogP contribution in [0.15, 0.2) is 16.9 Å². The standard InChI is InChI=1S/C14H14BrClN2O2/c15-18-12(20)11-9(16)1-2-10(19)17(11)14(18)7-5-13(3-4-13)6-8-14/h1-2H,3-8H2. The summed E-state index contributed by atoms with van der Waals surface area (Å²) in [7, 11) is 0. The minimum Gasteiger partial charge on any atom is -0.277 e. The van der Waals surface area contributed by atoms with Crippen LogP contribution in [0.25, 0.3) is 0 Å². The summed E-state index contributed by atoms with van der Waals surface area (Å²) in [6.45, 7) is 0. The van der Waals surface area contributed by atoms with E-state index in [9.17, 15) is 9.59 Å². The average molecular weight is 358 g/mol. The molecule has 0 radical (unpaired) electrons. The number of carbonyl (C=O) groups is 1. The Morgan fingerprint density at radius 3 is 2.25 bits per heavy atom. The quantitative estimate of drug-likeness (QED) is 0.669. The lowest BCUT2D eigenvalue weighted by Gasteiger charge is -2.41. The predicted octanol–water partition coefficient (Wildman–Crippen LogP) is 3.27.